The van der Waals surface area contributed by atoms with Gasteiger partial charge in [-0.2, -0.15) is 0 Å². The molecule has 0 aliphatic carbocycles. The van der Waals surface area contributed by atoms with Crippen molar-refractivity contribution < 1.29 is 28.8 Å². The van der Waals surface area contributed by atoms with Crippen LogP contribution >= 0.6 is 0 Å². The van der Waals surface area contributed by atoms with Gasteiger partial charge in [-0.15, -0.1) is 0 Å². The van der Waals surface area contributed by atoms with Crippen LogP contribution in [-0.4, -0.2) is 89.4 Å². The summed E-state index contributed by atoms with van der Waals surface area (Å²) in [5.41, 5.74) is 6.65. The van der Waals surface area contributed by atoms with Crippen molar-refractivity contribution in [1.82, 2.24) is 20.4 Å². The predicted octanol–water partition coefficient (Wildman–Crippen LogP) is 4.45. The van der Waals surface area contributed by atoms with E-state index in [0.717, 1.165) is 18.5 Å². The minimum Gasteiger partial charge on any atom is -0.351 e. The molecule has 12 heteroatoms. The van der Waals surface area contributed by atoms with Crippen molar-refractivity contribution in [3.05, 3.63) is 29.8 Å². The molecule has 1 fully saturated rings. The van der Waals surface area contributed by atoms with Gasteiger partial charge >= 0.3 is 6.03 Å². The van der Waals surface area contributed by atoms with Gasteiger partial charge in [0.05, 0.1) is 6.04 Å². The van der Waals surface area contributed by atoms with Crippen molar-refractivity contribution in [2.45, 2.75) is 130 Å². The highest BCUT2D eigenvalue weighted by molar-refractivity contribution is 5.96. The van der Waals surface area contributed by atoms with Crippen molar-refractivity contribution in [2.75, 3.05) is 25.5 Å². The van der Waals surface area contributed by atoms with E-state index < -0.39 is 41.9 Å². The Labute approximate surface area is 299 Å². The molecule has 0 radical (unpaired) electrons. The van der Waals surface area contributed by atoms with E-state index in [4.69, 9.17) is 5.73 Å². The van der Waals surface area contributed by atoms with Gasteiger partial charge in [0, 0.05) is 36.5 Å². The molecule has 0 aromatic heterocycles. The third-order valence-electron chi connectivity index (χ3n) is 9.77. The second-order valence-electron chi connectivity index (χ2n) is 14.7. The topological polar surface area (TPSA) is 171 Å². The Bertz CT molecular complexity index is 1300. The molecule has 12 nitrogen and oxygen atoms in total. The summed E-state index contributed by atoms with van der Waals surface area (Å²) in [6, 6.07) is 4.49. The number of ketones is 2. The Morgan fingerprint density at radius 2 is 1.58 bits per heavy atom. The maximum atomic E-state index is 14.1. The summed E-state index contributed by atoms with van der Waals surface area (Å²) in [6.45, 7) is 14.6. The van der Waals surface area contributed by atoms with Crippen LogP contribution in [0.3, 0.4) is 0 Å². The van der Waals surface area contributed by atoms with E-state index >= 15 is 0 Å². The summed E-state index contributed by atoms with van der Waals surface area (Å²) >= 11 is 0. The zero-order chi connectivity index (χ0) is 37.5. The van der Waals surface area contributed by atoms with Gasteiger partial charge in [0.2, 0.25) is 17.7 Å². The number of anilines is 1. The fourth-order valence-corrected chi connectivity index (χ4v) is 6.21. The molecule has 1 aromatic rings. The van der Waals surface area contributed by atoms with Crippen LogP contribution in [0.25, 0.3) is 0 Å². The number of benzene rings is 1. The van der Waals surface area contributed by atoms with Gasteiger partial charge in [0.15, 0.2) is 5.78 Å². The molecule has 5 amide bonds. The number of nitrogens with one attached hydrogen (secondary N) is 3. The van der Waals surface area contributed by atoms with E-state index in [-0.39, 0.29) is 35.7 Å². The average Bonchev–Trinajstić information content (AvgIpc) is 3.54. The molecule has 50 heavy (non-hydrogen) atoms. The van der Waals surface area contributed by atoms with Crippen LogP contribution in [0.5, 0.6) is 0 Å². The van der Waals surface area contributed by atoms with Crippen molar-refractivity contribution in [3.8, 4) is 0 Å². The first-order valence-electron chi connectivity index (χ1n) is 18.3. The second kappa shape index (κ2) is 20.8. The molecule has 1 heterocycles. The third kappa shape index (κ3) is 13.8. The number of nitrogens with two attached hydrogens (primary N) is 1. The lowest BCUT2D eigenvalue weighted by atomic mass is 9.94. The highest BCUT2D eigenvalue weighted by atomic mass is 16.2. The van der Waals surface area contributed by atoms with Crippen LogP contribution in [0.15, 0.2) is 24.3 Å². The summed E-state index contributed by atoms with van der Waals surface area (Å²) in [5, 5.41) is 8.50. The first-order chi connectivity index (χ1) is 23.5. The lowest BCUT2D eigenvalue weighted by molar-refractivity contribution is -0.142. The summed E-state index contributed by atoms with van der Waals surface area (Å²) in [4.78, 5) is 81.7. The Morgan fingerprint density at radius 1 is 0.940 bits per heavy atom. The van der Waals surface area contributed by atoms with Crippen molar-refractivity contribution in [2.24, 2.45) is 23.5 Å². The van der Waals surface area contributed by atoms with Crippen molar-refractivity contribution >= 4 is 41.0 Å². The number of hydrogen-bond donors (Lipinski definition) is 4. The molecule has 1 aliphatic rings. The molecule has 0 bridgehead atoms. The summed E-state index contributed by atoms with van der Waals surface area (Å²) in [6.07, 6.45) is 4.57. The number of unbranched alkanes of at least 4 members (excludes halogenated alkanes) is 1. The first kappa shape index (κ1) is 42.4. The number of amides is 5. The normalized spacial score (nSPS) is 16.9. The standard InChI is InChI=1S/C38H62N6O6/c1-9-29(23-28-15-17-30(18-16-28)40-38(39)50)35(47)42-32(21-24(2)3)36(48)41-31(13-10-11-19-43(8)25(4)5)37(49)44-20-12-14-33(44)34(46)22-26(6)27(7)45/h15-18,24-26,29,31-33H,9-14,19-23H2,1-8H3,(H,41,48)(H,42,47)(H3,39,40,50)/t26-,29+,31-,32-,33-/m0/s1. The van der Waals surface area contributed by atoms with E-state index in [1.165, 1.54) is 6.92 Å². The second-order valence-corrected chi connectivity index (χ2v) is 14.7. The molecule has 0 unspecified atom stereocenters. The molecule has 1 aromatic carbocycles. The smallest absolute Gasteiger partial charge is 0.316 e. The number of primary amides is 1. The highest BCUT2D eigenvalue weighted by Crippen LogP contribution is 2.24. The Morgan fingerprint density at radius 3 is 2.14 bits per heavy atom. The highest BCUT2D eigenvalue weighted by Gasteiger charge is 2.38. The van der Waals surface area contributed by atoms with E-state index in [9.17, 15) is 28.8 Å². The van der Waals surface area contributed by atoms with Gasteiger partial charge in [-0.3, -0.25) is 24.0 Å². The average molecular weight is 699 g/mol. The number of carbonyl (C=O) groups excluding carboxylic acids is 6. The zero-order valence-corrected chi connectivity index (χ0v) is 31.6. The SMILES string of the molecule is CC[C@H](Cc1ccc(NC(N)=O)cc1)C(=O)N[C@@H](CC(C)C)C(=O)N[C@@H](CCCCN(C)C(C)C)C(=O)N1CCC[C@H]1C(=O)C[C@H](C)C(C)=O. The van der Waals surface area contributed by atoms with Crippen molar-refractivity contribution in [3.63, 3.8) is 0 Å². The predicted molar refractivity (Wildman–Crippen MR) is 196 cm³/mol. The maximum Gasteiger partial charge on any atom is 0.316 e. The van der Waals surface area contributed by atoms with E-state index in [1.54, 1.807) is 24.0 Å². The van der Waals surface area contributed by atoms with Crippen LogP contribution in [0, 0.1) is 17.8 Å². The van der Waals surface area contributed by atoms with Crippen LogP contribution in [-0.2, 0) is 30.4 Å². The Kier molecular flexibility index (Phi) is 17.6. The summed E-state index contributed by atoms with van der Waals surface area (Å²) < 4.78 is 0. The lowest BCUT2D eigenvalue weighted by Crippen LogP contribution is -2.56. The van der Waals surface area contributed by atoms with E-state index in [2.05, 4.69) is 41.7 Å². The number of rotatable bonds is 21. The molecule has 1 aliphatic heterocycles. The third-order valence-corrected chi connectivity index (χ3v) is 9.77. The van der Waals surface area contributed by atoms with Crippen LogP contribution in [0.4, 0.5) is 10.5 Å². The summed E-state index contributed by atoms with van der Waals surface area (Å²) in [7, 11) is 2.05. The Hall–Kier alpha value is -3.80. The van der Waals surface area contributed by atoms with Gasteiger partial charge < -0.3 is 31.5 Å². The number of Topliss-reactive ketones (excluding diaryl/α,β-unsaturated/α-hetero) is 2. The zero-order valence-electron chi connectivity index (χ0n) is 31.6. The molecule has 5 atom stereocenters. The van der Waals surface area contributed by atoms with Gasteiger partial charge in [-0.1, -0.05) is 39.8 Å². The number of likely N-dealkylation sites (tertiary alicyclic amines) is 1. The minimum atomic E-state index is -0.855. The van der Waals surface area contributed by atoms with Gasteiger partial charge in [0.25, 0.3) is 0 Å². The largest absolute Gasteiger partial charge is 0.351 e. The van der Waals surface area contributed by atoms with E-state index in [0.29, 0.717) is 63.2 Å². The molecule has 0 saturated carbocycles. The van der Waals surface area contributed by atoms with Gasteiger partial charge in [-0.25, -0.2) is 4.79 Å². The molecule has 5 N–H and O–H groups in total. The first-order valence-corrected chi connectivity index (χ1v) is 18.3. The van der Waals surface area contributed by atoms with Crippen LogP contribution in [0.2, 0.25) is 0 Å². The maximum absolute atomic E-state index is 14.1. The monoisotopic (exact) mass is 698 g/mol. The number of hydrogen-bond acceptors (Lipinski definition) is 7. The van der Waals surface area contributed by atoms with Crippen LogP contribution in [0.1, 0.15) is 105 Å². The van der Waals surface area contributed by atoms with E-state index in [1.807, 2.05) is 32.9 Å². The molecule has 1 saturated heterocycles. The lowest BCUT2D eigenvalue weighted by Gasteiger charge is -2.31. The Balaban J connectivity index is 2.23. The number of carbonyl (C=O) groups is 6. The van der Waals surface area contributed by atoms with Crippen LogP contribution < -0.4 is 21.7 Å². The van der Waals surface area contributed by atoms with Crippen molar-refractivity contribution in [1.29, 1.82) is 0 Å². The van der Waals surface area contributed by atoms with Gasteiger partial charge in [-0.05, 0) is 109 Å². The molecule has 280 valence electrons. The molecular weight excluding hydrogens is 636 g/mol. The number of urea groups is 1. The number of nitrogens with zero attached hydrogens (tertiary/aromatic N) is 2. The molecule has 0 spiro atoms. The fourth-order valence-electron chi connectivity index (χ4n) is 6.21. The summed E-state index contributed by atoms with van der Waals surface area (Å²) in [5.74, 6) is -1.90. The quantitative estimate of drug-likeness (QED) is 0.138. The van der Waals surface area contributed by atoms with Gasteiger partial charge in [0.1, 0.15) is 17.9 Å². The fraction of sp³-hybridized carbons (Fsp3) is 0.684. The molecular formula is C38H62N6O6. The molecule has 2 rings (SSSR count). The minimum absolute atomic E-state index is 0.0651.